The molecule has 8 nitrogen and oxygen atoms in total. The number of rotatable bonds is 6. The van der Waals surface area contributed by atoms with Crippen LogP contribution in [0, 0.1) is 29.1 Å². The van der Waals surface area contributed by atoms with Crippen molar-refractivity contribution in [1.82, 2.24) is 24.9 Å². The first-order valence-corrected chi connectivity index (χ1v) is 11.6. The average Bonchev–Trinajstić information content (AvgIpc) is 3.66. The van der Waals surface area contributed by atoms with Crippen LogP contribution >= 0.6 is 0 Å². The van der Waals surface area contributed by atoms with Crippen LogP contribution in [0.25, 0.3) is 0 Å². The Hall–Kier alpha value is -2.66. The van der Waals surface area contributed by atoms with E-state index in [4.69, 9.17) is 10.00 Å². The van der Waals surface area contributed by atoms with Gasteiger partial charge in [-0.25, -0.2) is 4.68 Å². The maximum absolute atomic E-state index is 13.0. The molecular weight excluding hydrogens is 392 g/mol. The van der Waals surface area contributed by atoms with Crippen LogP contribution in [0.2, 0.25) is 0 Å². The molecule has 162 valence electrons. The highest BCUT2D eigenvalue weighted by atomic mass is 16.5. The highest BCUT2D eigenvalue weighted by Gasteiger charge is 2.45. The molecule has 4 fully saturated rings. The smallest absolute Gasteiger partial charge is 0.270 e. The molecule has 0 bridgehead atoms. The van der Waals surface area contributed by atoms with Gasteiger partial charge in [0, 0.05) is 38.0 Å². The third-order valence-corrected chi connectivity index (χ3v) is 7.52. The van der Waals surface area contributed by atoms with E-state index in [1.807, 2.05) is 4.90 Å². The number of aromatic amines is 1. The van der Waals surface area contributed by atoms with Gasteiger partial charge in [-0.1, -0.05) is 5.21 Å². The number of likely N-dealkylation sites (tertiary alicyclic amines) is 1. The van der Waals surface area contributed by atoms with Crippen molar-refractivity contribution < 1.29 is 9.53 Å². The second-order valence-electron chi connectivity index (χ2n) is 9.90. The fourth-order valence-corrected chi connectivity index (χ4v) is 5.33. The van der Waals surface area contributed by atoms with Crippen LogP contribution in [0.5, 0.6) is 0 Å². The Morgan fingerprint density at radius 2 is 2.03 bits per heavy atom. The molecule has 4 aliphatic rings. The maximum Gasteiger partial charge on any atom is 0.270 e. The third kappa shape index (κ3) is 3.76. The number of fused-ring (bicyclic) bond motifs is 1. The van der Waals surface area contributed by atoms with Crippen LogP contribution in [-0.4, -0.2) is 56.6 Å². The minimum absolute atomic E-state index is 0.0142. The predicted octanol–water partition coefficient (Wildman–Crippen LogP) is 2.87. The van der Waals surface area contributed by atoms with Crippen molar-refractivity contribution in [3.63, 3.8) is 0 Å². The molecule has 1 amide bonds. The average molecular weight is 421 g/mol. The Bertz CT molecular complexity index is 1010. The van der Waals surface area contributed by atoms with E-state index < -0.39 is 0 Å². The third-order valence-electron chi connectivity index (χ3n) is 7.52. The van der Waals surface area contributed by atoms with Crippen molar-refractivity contribution >= 4 is 5.91 Å². The molecule has 2 aromatic rings. The van der Waals surface area contributed by atoms with Crippen LogP contribution in [0.3, 0.4) is 0 Å². The van der Waals surface area contributed by atoms with Gasteiger partial charge >= 0.3 is 0 Å². The second kappa shape index (κ2) is 7.49. The fraction of sp³-hybridized carbons (Fsp3) is 0.652. The first kappa shape index (κ1) is 19.1. The van der Waals surface area contributed by atoms with Crippen molar-refractivity contribution in [2.24, 2.45) is 17.8 Å². The second-order valence-corrected chi connectivity index (χ2v) is 9.90. The number of ether oxygens (including phenoxy) is 1. The number of carbonyl (C=O) groups is 1. The number of nitrogens with one attached hydrogen (secondary N) is 1. The molecule has 0 spiro atoms. The zero-order chi connectivity index (χ0) is 20.9. The summed E-state index contributed by atoms with van der Waals surface area (Å²) in [4.78, 5) is 17.9. The molecule has 4 atom stereocenters. The lowest BCUT2D eigenvalue weighted by Gasteiger charge is -2.37. The van der Waals surface area contributed by atoms with Crippen LogP contribution in [0.15, 0.2) is 18.5 Å². The van der Waals surface area contributed by atoms with Gasteiger partial charge in [-0.2, -0.15) is 5.26 Å². The minimum Gasteiger partial charge on any atom is -0.376 e. The number of aromatic nitrogens is 4. The Kier molecular flexibility index (Phi) is 4.60. The van der Waals surface area contributed by atoms with E-state index in [1.54, 1.807) is 12.3 Å². The van der Waals surface area contributed by atoms with Gasteiger partial charge in [-0.05, 0) is 62.3 Å². The molecule has 0 aromatic carbocycles. The van der Waals surface area contributed by atoms with Gasteiger partial charge in [0.05, 0.1) is 23.4 Å². The molecule has 6 rings (SSSR count). The summed E-state index contributed by atoms with van der Waals surface area (Å²) in [5.74, 6) is 2.18. The van der Waals surface area contributed by atoms with Crippen LogP contribution in [0.4, 0.5) is 0 Å². The Balaban J connectivity index is 1.19. The van der Waals surface area contributed by atoms with E-state index in [1.165, 1.54) is 25.7 Å². The quantitative estimate of drug-likeness (QED) is 0.775. The molecule has 3 heterocycles. The standard InChI is InChI=1S/C23H28N6O2/c24-8-15-5-19(25-9-15)23(30)28-10-17-6-21(29-12-20(26-27-29)16-3-4-16)22(7-18(17)11-28)31-13-14-1-2-14/h5,9,12,14,16-18,21-22,25H,1-4,6-7,10-11,13H2/t17-,18+,21-,22-/m1/s1. The number of nitriles is 1. The summed E-state index contributed by atoms with van der Waals surface area (Å²) in [7, 11) is 0. The van der Waals surface area contributed by atoms with E-state index in [2.05, 4.69) is 32.2 Å². The van der Waals surface area contributed by atoms with E-state index >= 15 is 0 Å². The van der Waals surface area contributed by atoms with Crippen LogP contribution in [0.1, 0.15) is 72.2 Å². The van der Waals surface area contributed by atoms with Gasteiger partial charge in [0.1, 0.15) is 11.8 Å². The molecule has 31 heavy (non-hydrogen) atoms. The molecule has 1 N–H and O–H groups in total. The van der Waals surface area contributed by atoms with Crippen LogP contribution in [-0.2, 0) is 4.74 Å². The largest absolute Gasteiger partial charge is 0.376 e. The Morgan fingerprint density at radius 1 is 1.23 bits per heavy atom. The minimum atomic E-state index is -0.0142. The lowest BCUT2D eigenvalue weighted by Crippen LogP contribution is -2.38. The van der Waals surface area contributed by atoms with Gasteiger partial charge < -0.3 is 14.6 Å². The predicted molar refractivity (Wildman–Crippen MR) is 111 cm³/mol. The SMILES string of the molecule is N#Cc1c[nH]c(C(=O)N2C[C@H]3C[C@@H](n4cc(C5CC5)nn4)[C@H](OCC4CC4)C[C@H]3C2)c1. The highest BCUT2D eigenvalue weighted by molar-refractivity contribution is 5.93. The van der Waals surface area contributed by atoms with Crippen molar-refractivity contribution in [2.75, 3.05) is 19.7 Å². The van der Waals surface area contributed by atoms with Gasteiger partial charge in [0.2, 0.25) is 0 Å². The molecule has 1 saturated heterocycles. The van der Waals surface area contributed by atoms with Gasteiger partial charge in [-0.15, -0.1) is 5.10 Å². The molecule has 0 unspecified atom stereocenters. The topological polar surface area (TPSA) is 99.8 Å². The van der Waals surface area contributed by atoms with E-state index in [9.17, 15) is 4.79 Å². The number of carbonyl (C=O) groups excluding carboxylic acids is 1. The van der Waals surface area contributed by atoms with Gasteiger partial charge in [0.25, 0.3) is 5.91 Å². The highest BCUT2D eigenvalue weighted by Crippen LogP contribution is 2.44. The van der Waals surface area contributed by atoms with Crippen molar-refractivity contribution in [3.05, 3.63) is 35.4 Å². The summed E-state index contributed by atoms with van der Waals surface area (Å²) in [5, 5.41) is 18.0. The number of amides is 1. The summed E-state index contributed by atoms with van der Waals surface area (Å²) in [6.45, 7) is 2.34. The lowest BCUT2D eigenvalue weighted by molar-refractivity contribution is -0.0375. The summed E-state index contributed by atoms with van der Waals surface area (Å²) < 4.78 is 8.48. The number of hydrogen-bond donors (Lipinski definition) is 1. The monoisotopic (exact) mass is 420 g/mol. The zero-order valence-corrected chi connectivity index (χ0v) is 17.6. The molecular formula is C23H28N6O2. The molecule has 8 heteroatoms. The molecule has 2 aromatic heterocycles. The number of hydrogen-bond acceptors (Lipinski definition) is 5. The summed E-state index contributed by atoms with van der Waals surface area (Å²) >= 11 is 0. The van der Waals surface area contributed by atoms with Crippen molar-refractivity contribution in [3.8, 4) is 6.07 Å². The molecule has 3 aliphatic carbocycles. The van der Waals surface area contributed by atoms with Crippen molar-refractivity contribution in [2.45, 2.75) is 56.6 Å². The van der Waals surface area contributed by atoms with E-state index in [0.717, 1.165) is 44.1 Å². The van der Waals surface area contributed by atoms with E-state index in [0.29, 0.717) is 29.0 Å². The molecule has 1 aliphatic heterocycles. The van der Waals surface area contributed by atoms with Crippen molar-refractivity contribution in [1.29, 1.82) is 5.26 Å². The Morgan fingerprint density at radius 3 is 2.74 bits per heavy atom. The summed E-state index contributed by atoms with van der Waals surface area (Å²) in [6.07, 6.45) is 10.8. The van der Waals surface area contributed by atoms with E-state index in [-0.39, 0.29) is 18.1 Å². The lowest BCUT2D eigenvalue weighted by atomic mass is 9.77. The molecule has 3 saturated carbocycles. The van der Waals surface area contributed by atoms with Gasteiger partial charge in [-0.3, -0.25) is 4.79 Å². The van der Waals surface area contributed by atoms with Gasteiger partial charge in [0.15, 0.2) is 0 Å². The summed E-state index contributed by atoms with van der Waals surface area (Å²) in [5.41, 5.74) is 2.11. The summed E-state index contributed by atoms with van der Waals surface area (Å²) in [6, 6.07) is 3.91. The normalized spacial score (nSPS) is 30.2. The Labute approximate surface area is 181 Å². The van der Waals surface area contributed by atoms with Crippen LogP contribution < -0.4 is 0 Å². The number of H-pyrrole nitrogens is 1. The first-order valence-electron chi connectivity index (χ1n) is 11.6. The number of nitrogens with zero attached hydrogens (tertiary/aromatic N) is 5. The fourth-order valence-electron chi connectivity index (χ4n) is 5.33. The zero-order valence-electron chi connectivity index (χ0n) is 17.6. The first-order chi connectivity index (χ1) is 15.2. The maximum atomic E-state index is 13.0. The molecule has 0 radical (unpaired) electrons.